The quantitative estimate of drug-likeness (QED) is 0.618. The molecule has 2 heterocycles. The van der Waals surface area contributed by atoms with Gasteiger partial charge in [-0.2, -0.15) is 0 Å². The summed E-state index contributed by atoms with van der Waals surface area (Å²) < 4.78 is 21.1. The second-order valence-electron chi connectivity index (χ2n) is 4.37. The van der Waals surface area contributed by atoms with Gasteiger partial charge >= 0.3 is 11.9 Å². The van der Waals surface area contributed by atoms with Gasteiger partial charge in [-0.3, -0.25) is 9.59 Å². The lowest BCUT2D eigenvalue weighted by Gasteiger charge is -2.30. The molecular weight excluding hydrogens is 264 g/mol. The monoisotopic (exact) mass is 280 g/mol. The van der Waals surface area contributed by atoms with E-state index in [4.69, 9.17) is 18.6 Å². The molecule has 3 atom stereocenters. The van der Waals surface area contributed by atoms with E-state index in [-0.39, 0.29) is 6.61 Å². The van der Waals surface area contributed by atoms with Crippen LogP contribution in [0.5, 0.6) is 0 Å². The van der Waals surface area contributed by atoms with Gasteiger partial charge in [0.2, 0.25) is 0 Å². The zero-order valence-corrected chi connectivity index (χ0v) is 11.3. The Hall–Kier alpha value is -2.08. The molecule has 0 saturated heterocycles. The summed E-state index contributed by atoms with van der Waals surface area (Å²) >= 11 is 0. The van der Waals surface area contributed by atoms with Crippen molar-refractivity contribution in [3.63, 3.8) is 0 Å². The van der Waals surface area contributed by atoms with Gasteiger partial charge < -0.3 is 18.6 Å². The molecule has 1 aliphatic heterocycles. The molecule has 108 valence electrons. The summed E-state index contributed by atoms with van der Waals surface area (Å²) in [7, 11) is 0. The van der Waals surface area contributed by atoms with Crippen LogP contribution in [0.3, 0.4) is 0 Å². The van der Waals surface area contributed by atoms with Gasteiger partial charge in [0.15, 0.2) is 0 Å². The molecule has 0 aliphatic carbocycles. The molecule has 0 saturated carbocycles. The molecule has 2 rings (SSSR count). The molecule has 1 unspecified atom stereocenters. The minimum absolute atomic E-state index is 0.00876. The highest BCUT2D eigenvalue weighted by atomic mass is 16.6. The van der Waals surface area contributed by atoms with Crippen LogP contribution in [-0.4, -0.2) is 30.8 Å². The highest BCUT2D eigenvalue weighted by Gasteiger charge is 2.32. The molecule has 1 aromatic heterocycles. The lowest BCUT2D eigenvalue weighted by atomic mass is 10.1. The lowest BCUT2D eigenvalue weighted by Crippen LogP contribution is -2.39. The fourth-order valence-corrected chi connectivity index (χ4v) is 1.90. The topological polar surface area (TPSA) is 75.0 Å². The number of ether oxygens (including phenoxy) is 3. The molecular formula is C14H16O6. The zero-order valence-electron chi connectivity index (χ0n) is 11.3. The Bertz CT molecular complexity index is 490. The summed E-state index contributed by atoms with van der Waals surface area (Å²) in [6.07, 6.45) is 3.47. The van der Waals surface area contributed by atoms with Crippen LogP contribution in [0.1, 0.15) is 25.7 Å². The van der Waals surface area contributed by atoms with Crippen molar-refractivity contribution in [2.45, 2.75) is 32.2 Å². The smallest absolute Gasteiger partial charge is 0.303 e. The van der Waals surface area contributed by atoms with Crippen LogP contribution < -0.4 is 0 Å². The van der Waals surface area contributed by atoms with Crippen molar-refractivity contribution in [1.82, 2.24) is 0 Å². The SMILES string of the molecule is CC(=O)OC[C@H]1OC(c2ccco2)C=C[C@@H]1OC(C)=O. The van der Waals surface area contributed by atoms with Crippen LogP contribution in [0, 0.1) is 0 Å². The normalized spacial score (nSPS) is 25.2. The van der Waals surface area contributed by atoms with Gasteiger partial charge in [-0.25, -0.2) is 0 Å². The van der Waals surface area contributed by atoms with Crippen LogP contribution >= 0.6 is 0 Å². The molecule has 0 radical (unpaired) electrons. The molecule has 0 aromatic carbocycles. The van der Waals surface area contributed by atoms with Crippen molar-refractivity contribution in [2.75, 3.05) is 6.61 Å². The maximum absolute atomic E-state index is 11.1. The first kappa shape index (κ1) is 14.3. The number of carbonyl (C=O) groups excluding carboxylic acids is 2. The number of esters is 2. The van der Waals surface area contributed by atoms with Gasteiger partial charge in [0.05, 0.1) is 6.26 Å². The third-order valence-corrected chi connectivity index (χ3v) is 2.74. The van der Waals surface area contributed by atoms with E-state index in [9.17, 15) is 9.59 Å². The Morgan fingerprint density at radius 3 is 2.65 bits per heavy atom. The molecule has 0 fully saturated rings. The molecule has 0 spiro atoms. The van der Waals surface area contributed by atoms with Crippen molar-refractivity contribution in [3.8, 4) is 0 Å². The molecule has 0 amide bonds. The van der Waals surface area contributed by atoms with E-state index >= 15 is 0 Å². The molecule has 6 heteroatoms. The van der Waals surface area contributed by atoms with E-state index < -0.39 is 30.3 Å². The first-order chi connectivity index (χ1) is 9.56. The van der Waals surface area contributed by atoms with Gasteiger partial charge in [-0.15, -0.1) is 0 Å². The van der Waals surface area contributed by atoms with Crippen LogP contribution in [0.15, 0.2) is 35.0 Å². The second kappa shape index (κ2) is 6.38. The van der Waals surface area contributed by atoms with Crippen LogP contribution in [-0.2, 0) is 23.8 Å². The Morgan fingerprint density at radius 2 is 2.05 bits per heavy atom. The molecule has 20 heavy (non-hydrogen) atoms. The van der Waals surface area contributed by atoms with E-state index in [0.717, 1.165) is 0 Å². The van der Waals surface area contributed by atoms with Crippen molar-refractivity contribution in [2.24, 2.45) is 0 Å². The fourth-order valence-electron chi connectivity index (χ4n) is 1.90. The van der Waals surface area contributed by atoms with Crippen LogP contribution in [0.2, 0.25) is 0 Å². The van der Waals surface area contributed by atoms with Gasteiger partial charge in [-0.1, -0.05) is 0 Å². The zero-order chi connectivity index (χ0) is 14.5. The van der Waals surface area contributed by atoms with Gasteiger partial charge in [0, 0.05) is 13.8 Å². The fraction of sp³-hybridized carbons (Fsp3) is 0.429. The number of rotatable bonds is 4. The first-order valence-corrected chi connectivity index (χ1v) is 6.24. The maximum Gasteiger partial charge on any atom is 0.303 e. The van der Waals surface area contributed by atoms with Crippen molar-refractivity contribution >= 4 is 11.9 Å². The van der Waals surface area contributed by atoms with E-state index in [1.807, 2.05) is 0 Å². The predicted octanol–water partition coefficient (Wildman–Crippen LogP) is 1.77. The van der Waals surface area contributed by atoms with E-state index in [0.29, 0.717) is 5.76 Å². The van der Waals surface area contributed by atoms with Crippen molar-refractivity contribution in [1.29, 1.82) is 0 Å². The third kappa shape index (κ3) is 3.71. The Labute approximate surface area is 116 Å². The average Bonchev–Trinajstić information content (AvgIpc) is 2.90. The summed E-state index contributed by atoms with van der Waals surface area (Å²) in [6, 6.07) is 3.54. The Kier molecular flexibility index (Phi) is 4.57. The van der Waals surface area contributed by atoms with Gasteiger partial charge in [0.1, 0.15) is 30.7 Å². The van der Waals surface area contributed by atoms with E-state index in [1.165, 1.54) is 13.8 Å². The number of hydrogen-bond acceptors (Lipinski definition) is 6. The number of hydrogen-bond donors (Lipinski definition) is 0. The molecule has 1 aromatic rings. The Balaban J connectivity index is 2.08. The minimum Gasteiger partial charge on any atom is -0.466 e. The average molecular weight is 280 g/mol. The summed E-state index contributed by atoms with van der Waals surface area (Å²) in [5.41, 5.74) is 0. The summed E-state index contributed by atoms with van der Waals surface area (Å²) in [5, 5.41) is 0. The van der Waals surface area contributed by atoms with E-state index in [1.54, 1.807) is 30.5 Å². The number of furan rings is 1. The van der Waals surface area contributed by atoms with Crippen LogP contribution in [0.4, 0.5) is 0 Å². The largest absolute Gasteiger partial charge is 0.466 e. The minimum atomic E-state index is -0.585. The standard InChI is InChI=1S/C14H16O6/c1-9(15)18-8-14-13(19-10(2)16)6-5-12(20-14)11-4-3-7-17-11/h3-7,12-14H,8H2,1-2H3/t12?,13-,14+/m0/s1. The summed E-state index contributed by atoms with van der Waals surface area (Å²) in [4.78, 5) is 22.0. The molecule has 6 nitrogen and oxygen atoms in total. The predicted molar refractivity (Wildman–Crippen MR) is 67.6 cm³/mol. The highest BCUT2D eigenvalue weighted by molar-refractivity contribution is 5.66. The lowest BCUT2D eigenvalue weighted by molar-refractivity contribution is -0.164. The van der Waals surface area contributed by atoms with Crippen molar-refractivity contribution < 1.29 is 28.2 Å². The highest BCUT2D eigenvalue weighted by Crippen LogP contribution is 2.28. The van der Waals surface area contributed by atoms with Crippen LogP contribution in [0.25, 0.3) is 0 Å². The third-order valence-electron chi connectivity index (χ3n) is 2.74. The second-order valence-corrected chi connectivity index (χ2v) is 4.37. The van der Waals surface area contributed by atoms with E-state index in [2.05, 4.69) is 0 Å². The summed E-state index contributed by atoms with van der Waals surface area (Å²) in [6.45, 7) is 2.63. The molecule has 0 bridgehead atoms. The van der Waals surface area contributed by atoms with Gasteiger partial charge in [-0.05, 0) is 24.3 Å². The maximum atomic E-state index is 11.1. The first-order valence-electron chi connectivity index (χ1n) is 6.24. The van der Waals surface area contributed by atoms with Gasteiger partial charge in [0.25, 0.3) is 0 Å². The summed E-state index contributed by atoms with van der Waals surface area (Å²) in [5.74, 6) is -0.206. The van der Waals surface area contributed by atoms with Crippen molar-refractivity contribution in [3.05, 3.63) is 36.3 Å². The molecule has 0 N–H and O–H groups in total. The Morgan fingerprint density at radius 1 is 1.25 bits per heavy atom. The molecule has 1 aliphatic rings. The number of carbonyl (C=O) groups is 2.